The van der Waals surface area contributed by atoms with E-state index in [4.69, 9.17) is 0 Å². The van der Waals surface area contributed by atoms with Gasteiger partial charge < -0.3 is 20.6 Å². The van der Waals surface area contributed by atoms with Gasteiger partial charge in [-0.3, -0.25) is 14.2 Å². The number of benzene rings is 3. The molecule has 3 N–H and O–H groups in total. The van der Waals surface area contributed by atoms with Gasteiger partial charge in [-0.05, 0) is 92.4 Å². The van der Waals surface area contributed by atoms with Crippen molar-refractivity contribution in [2.45, 2.75) is 31.8 Å². The molecule has 1 aliphatic carbocycles. The number of amides is 2. The molecule has 0 unspecified atom stereocenters. The summed E-state index contributed by atoms with van der Waals surface area (Å²) in [6.07, 6.45) is 5.04. The quantitative estimate of drug-likeness (QED) is 0.363. The van der Waals surface area contributed by atoms with Crippen LogP contribution in [-0.4, -0.2) is 45.7 Å². The van der Waals surface area contributed by atoms with Crippen LogP contribution in [0.3, 0.4) is 0 Å². The molecule has 1 aliphatic heterocycles. The predicted octanol–water partition coefficient (Wildman–Crippen LogP) is 4.59. The Kier molecular flexibility index (Phi) is 6.10. The zero-order valence-corrected chi connectivity index (χ0v) is 20.4. The molecule has 8 nitrogen and oxygen atoms in total. The predicted molar refractivity (Wildman–Crippen MR) is 144 cm³/mol. The normalized spacial score (nSPS) is 16.1. The number of nitrogens with one attached hydrogen (secondary N) is 2. The van der Waals surface area contributed by atoms with E-state index in [1.165, 1.54) is 0 Å². The van der Waals surface area contributed by atoms with E-state index >= 15 is 0 Å². The van der Waals surface area contributed by atoms with Gasteiger partial charge in [0.15, 0.2) is 0 Å². The molecule has 0 spiro atoms. The number of hydrogen-bond donors (Lipinski definition) is 3. The van der Waals surface area contributed by atoms with E-state index in [0.717, 1.165) is 66.9 Å². The SMILES string of the molecule is O=C(Nc1ccc2c(c1)ncn2-c1ccc(NC(=O)C2CC2)cc1)c1ccc(N2CCC(O)CC2)cc1. The Labute approximate surface area is 214 Å². The topological polar surface area (TPSA) is 99.5 Å². The number of fused-ring (bicyclic) bond motifs is 1. The van der Waals surface area contributed by atoms with E-state index < -0.39 is 0 Å². The number of rotatable bonds is 6. The highest BCUT2D eigenvalue weighted by Crippen LogP contribution is 2.30. The fraction of sp³-hybridized carbons (Fsp3) is 0.276. The molecule has 6 rings (SSSR count). The maximum absolute atomic E-state index is 12.8. The lowest BCUT2D eigenvalue weighted by atomic mass is 10.1. The third-order valence-electron chi connectivity index (χ3n) is 7.13. The van der Waals surface area contributed by atoms with Crippen LogP contribution in [-0.2, 0) is 4.79 Å². The molecule has 2 aliphatic rings. The molecule has 188 valence electrons. The van der Waals surface area contributed by atoms with Crippen LogP contribution in [0.25, 0.3) is 16.7 Å². The van der Waals surface area contributed by atoms with Gasteiger partial charge in [-0.25, -0.2) is 4.98 Å². The molecular weight excluding hydrogens is 466 g/mol. The lowest BCUT2D eigenvalue weighted by molar-refractivity contribution is -0.117. The van der Waals surface area contributed by atoms with Crippen molar-refractivity contribution in [2.75, 3.05) is 28.6 Å². The number of nitrogens with zero attached hydrogens (tertiary/aromatic N) is 3. The van der Waals surface area contributed by atoms with Crippen molar-refractivity contribution < 1.29 is 14.7 Å². The van der Waals surface area contributed by atoms with Crippen molar-refractivity contribution in [1.82, 2.24) is 9.55 Å². The first-order valence-corrected chi connectivity index (χ1v) is 12.8. The molecule has 0 radical (unpaired) electrons. The van der Waals surface area contributed by atoms with Crippen LogP contribution in [0.5, 0.6) is 0 Å². The van der Waals surface area contributed by atoms with Crippen molar-refractivity contribution in [2.24, 2.45) is 5.92 Å². The van der Waals surface area contributed by atoms with Crippen molar-refractivity contribution in [1.29, 1.82) is 0 Å². The van der Waals surface area contributed by atoms with E-state index in [1.807, 2.05) is 71.3 Å². The van der Waals surface area contributed by atoms with Crippen LogP contribution in [0, 0.1) is 5.92 Å². The summed E-state index contributed by atoms with van der Waals surface area (Å²) >= 11 is 0. The van der Waals surface area contributed by atoms with Gasteiger partial charge >= 0.3 is 0 Å². The molecule has 2 heterocycles. The summed E-state index contributed by atoms with van der Waals surface area (Å²) in [4.78, 5) is 31.6. The van der Waals surface area contributed by atoms with Crippen LogP contribution in [0.4, 0.5) is 17.1 Å². The van der Waals surface area contributed by atoms with Crippen LogP contribution in [0.15, 0.2) is 73.1 Å². The zero-order chi connectivity index (χ0) is 25.4. The molecule has 3 aromatic carbocycles. The molecule has 2 fully saturated rings. The Balaban J connectivity index is 1.12. The van der Waals surface area contributed by atoms with Gasteiger partial charge in [0.2, 0.25) is 5.91 Å². The Morgan fingerprint density at radius 3 is 2.19 bits per heavy atom. The standard InChI is InChI=1S/C29H29N5O3/c35-25-13-15-33(16-14-25)23-8-3-20(4-9-23)29(37)32-22-7-12-27-26(17-22)30-18-34(27)24-10-5-21(6-11-24)31-28(36)19-1-2-19/h3-12,17-19,25,35H,1-2,13-16H2,(H,31,36)(H,32,37). The number of carbonyl (C=O) groups is 2. The van der Waals surface area contributed by atoms with Crippen molar-refractivity contribution >= 4 is 39.9 Å². The lowest BCUT2D eigenvalue weighted by Gasteiger charge is -2.31. The first-order valence-electron chi connectivity index (χ1n) is 12.8. The Morgan fingerprint density at radius 1 is 0.811 bits per heavy atom. The molecule has 1 saturated carbocycles. The Bertz CT molecular complexity index is 1430. The lowest BCUT2D eigenvalue weighted by Crippen LogP contribution is -2.35. The number of imidazole rings is 1. The first kappa shape index (κ1) is 23.2. The molecule has 8 heteroatoms. The summed E-state index contributed by atoms with van der Waals surface area (Å²) in [7, 11) is 0. The average Bonchev–Trinajstić information content (AvgIpc) is 3.70. The minimum Gasteiger partial charge on any atom is -0.393 e. The van der Waals surface area contributed by atoms with Gasteiger partial charge in [0.1, 0.15) is 6.33 Å². The van der Waals surface area contributed by atoms with Crippen molar-refractivity contribution in [3.05, 3.63) is 78.6 Å². The van der Waals surface area contributed by atoms with Crippen LogP contribution >= 0.6 is 0 Å². The second kappa shape index (κ2) is 9.71. The molecule has 1 saturated heterocycles. The monoisotopic (exact) mass is 495 g/mol. The second-order valence-corrected chi connectivity index (χ2v) is 9.85. The number of aliphatic hydroxyl groups excluding tert-OH is 1. The summed E-state index contributed by atoms with van der Waals surface area (Å²) < 4.78 is 1.98. The first-order chi connectivity index (χ1) is 18.0. The summed E-state index contributed by atoms with van der Waals surface area (Å²) in [5.41, 5.74) is 5.74. The second-order valence-electron chi connectivity index (χ2n) is 9.85. The Hall–Kier alpha value is -4.17. The van der Waals surface area contributed by atoms with Crippen molar-refractivity contribution in [3.63, 3.8) is 0 Å². The van der Waals surface area contributed by atoms with Gasteiger partial charge in [-0.1, -0.05) is 0 Å². The number of carbonyl (C=O) groups excluding carboxylic acids is 2. The fourth-order valence-electron chi connectivity index (χ4n) is 4.74. The summed E-state index contributed by atoms with van der Waals surface area (Å²) in [5.74, 6) is 0.0824. The highest BCUT2D eigenvalue weighted by molar-refractivity contribution is 6.05. The van der Waals surface area contributed by atoms with Gasteiger partial charge in [0, 0.05) is 47.3 Å². The van der Waals surface area contributed by atoms with Gasteiger partial charge in [0.25, 0.3) is 5.91 Å². The molecule has 1 aromatic heterocycles. The van der Waals surface area contributed by atoms with Crippen molar-refractivity contribution in [3.8, 4) is 5.69 Å². The number of aliphatic hydroxyl groups is 1. The van der Waals surface area contributed by atoms with Gasteiger partial charge in [-0.15, -0.1) is 0 Å². The van der Waals surface area contributed by atoms with E-state index in [-0.39, 0.29) is 23.8 Å². The van der Waals surface area contributed by atoms with Crippen LogP contribution in [0.1, 0.15) is 36.0 Å². The molecular formula is C29H29N5O3. The molecule has 2 amide bonds. The number of hydrogen-bond acceptors (Lipinski definition) is 5. The fourth-order valence-corrected chi connectivity index (χ4v) is 4.74. The zero-order valence-electron chi connectivity index (χ0n) is 20.4. The third kappa shape index (κ3) is 5.06. The maximum Gasteiger partial charge on any atom is 0.255 e. The summed E-state index contributed by atoms with van der Waals surface area (Å²) in [6, 6.07) is 21.0. The molecule has 37 heavy (non-hydrogen) atoms. The third-order valence-corrected chi connectivity index (χ3v) is 7.13. The minimum absolute atomic E-state index is 0.0917. The van der Waals surface area contributed by atoms with Crippen LogP contribution < -0.4 is 15.5 Å². The largest absolute Gasteiger partial charge is 0.393 e. The van der Waals surface area contributed by atoms with Crippen LogP contribution in [0.2, 0.25) is 0 Å². The van der Waals surface area contributed by atoms with Gasteiger partial charge in [-0.2, -0.15) is 0 Å². The average molecular weight is 496 g/mol. The molecule has 0 bridgehead atoms. The number of aromatic nitrogens is 2. The Morgan fingerprint density at radius 2 is 1.49 bits per heavy atom. The number of piperidine rings is 1. The summed E-state index contributed by atoms with van der Waals surface area (Å²) in [6.45, 7) is 1.64. The smallest absolute Gasteiger partial charge is 0.255 e. The highest BCUT2D eigenvalue weighted by Gasteiger charge is 2.29. The van der Waals surface area contributed by atoms with E-state index in [1.54, 1.807) is 6.33 Å². The van der Waals surface area contributed by atoms with E-state index in [2.05, 4.69) is 20.5 Å². The highest BCUT2D eigenvalue weighted by atomic mass is 16.3. The van der Waals surface area contributed by atoms with E-state index in [0.29, 0.717) is 11.3 Å². The van der Waals surface area contributed by atoms with Gasteiger partial charge in [0.05, 0.1) is 17.1 Å². The van der Waals surface area contributed by atoms with E-state index in [9.17, 15) is 14.7 Å². The molecule has 4 aromatic rings. The summed E-state index contributed by atoms with van der Waals surface area (Å²) in [5, 5.41) is 15.6. The number of anilines is 3. The minimum atomic E-state index is -0.212. The maximum atomic E-state index is 12.8. The molecule has 0 atom stereocenters.